The van der Waals surface area contributed by atoms with Gasteiger partial charge in [-0.05, 0) is 70.6 Å². The molecule has 0 aromatic heterocycles. The van der Waals surface area contributed by atoms with Crippen molar-refractivity contribution in [2.75, 3.05) is 26.4 Å². The molecule has 0 saturated carbocycles. The van der Waals surface area contributed by atoms with Crippen LogP contribution in [0.2, 0.25) is 0 Å². The Morgan fingerprint density at radius 3 is 1.10 bits per heavy atom. The van der Waals surface area contributed by atoms with Crippen LogP contribution in [-0.4, -0.2) is 193 Å². The Labute approximate surface area is 586 Å². The second-order valence-electron chi connectivity index (χ2n) is 27.8. The van der Waals surface area contributed by atoms with Crippen molar-refractivity contribution in [3.8, 4) is 0 Å². The summed E-state index contributed by atoms with van der Waals surface area (Å²) < 4.78 is 34.3. The van der Waals surface area contributed by atoms with E-state index in [2.05, 4.69) is 67.8 Å². The van der Waals surface area contributed by atoms with Crippen molar-refractivity contribution in [3.63, 3.8) is 0 Å². The van der Waals surface area contributed by atoms with Crippen LogP contribution in [0.15, 0.2) is 60.8 Å². The maximum absolute atomic E-state index is 13.4. The maximum atomic E-state index is 13.4. The Kier molecular flexibility index (Phi) is 53.9. The molecule has 3 aliphatic rings. The van der Waals surface area contributed by atoms with Crippen molar-refractivity contribution in [1.82, 2.24) is 5.32 Å². The van der Waals surface area contributed by atoms with Gasteiger partial charge in [-0.25, -0.2) is 0 Å². The summed E-state index contributed by atoms with van der Waals surface area (Å²) in [5, 5.41) is 120. The van der Waals surface area contributed by atoms with Gasteiger partial charge < -0.3 is 89.9 Å². The number of aliphatic hydroxyl groups excluding tert-OH is 11. The zero-order valence-corrected chi connectivity index (χ0v) is 60.3. The fraction of sp³-hybridized carbons (Fsp3) is 0.859. The molecule has 0 aromatic carbocycles. The molecule has 3 fully saturated rings. The number of unbranched alkanes of at least 4 members (excludes halogenated alkanes) is 37. The lowest BCUT2D eigenvalue weighted by Crippen LogP contribution is -2.66. The van der Waals surface area contributed by atoms with Gasteiger partial charge in [0, 0.05) is 6.42 Å². The SMILES string of the molecule is CCCCCCC/C=C\C/C=C\C/C=C\CCCCCCCCCCCCCCCCCCCCCCCCCCC(=O)NC(COC1OC(CO)C(OC2OC(CO)C(OC3OC(CO)C(O)C(O)C3O)C(O)C2O)C(O)C1O)C(O)/C=C/CC/C=C/CCCCCCCCC. The smallest absolute Gasteiger partial charge is 0.220 e. The predicted molar refractivity (Wildman–Crippen MR) is 383 cm³/mol. The minimum absolute atomic E-state index is 0.237. The highest BCUT2D eigenvalue weighted by Gasteiger charge is 2.53. The number of hydrogen-bond acceptors (Lipinski definition) is 18. The fourth-order valence-electron chi connectivity index (χ4n) is 13.0. The van der Waals surface area contributed by atoms with Gasteiger partial charge in [-0.1, -0.05) is 280 Å². The monoisotopic (exact) mass is 1380 g/mol. The van der Waals surface area contributed by atoms with Gasteiger partial charge in [0.1, 0.15) is 73.2 Å². The van der Waals surface area contributed by atoms with E-state index in [1.165, 1.54) is 212 Å². The summed E-state index contributed by atoms with van der Waals surface area (Å²) in [5.41, 5.74) is 0. The van der Waals surface area contributed by atoms with Gasteiger partial charge in [0.2, 0.25) is 5.91 Å². The minimum atomic E-state index is -1.98. The number of nitrogens with one attached hydrogen (secondary N) is 1. The first-order chi connectivity index (χ1) is 47.3. The molecule has 0 radical (unpaired) electrons. The summed E-state index contributed by atoms with van der Waals surface area (Å²) in [6.07, 6.45) is 48.2. The summed E-state index contributed by atoms with van der Waals surface area (Å²) in [7, 11) is 0. The van der Waals surface area contributed by atoms with Gasteiger partial charge >= 0.3 is 0 Å². The largest absolute Gasteiger partial charge is 0.394 e. The first-order valence-electron chi connectivity index (χ1n) is 39.0. The lowest BCUT2D eigenvalue weighted by Gasteiger charge is -2.48. The van der Waals surface area contributed by atoms with E-state index in [9.17, 15) is 61.0 Å². The zero-order chi connectivity index (χ0) is 70.4. The topological polar surface area (TPSA) is 307 Å². The molecule has 0 aliphatic carbocycles. The summed E-state index contributed by atoms with van der Waals surface area (Å²) in [6, 6.07) is -0.989. The highest BCUT2D eigenvalue weighted by molar-refractivity contribution is 5.76. The van der Waals surface area contributed by atoms with E-state index in [0.29, 0.717) is 12.8 Å². The number of carbonyl (C=O) groups excluding carboxylic acids is 1. The van der Waals surface area contributed by atoms with Crippen molar-refractivity contribution in [2.45, 2.75) is 401 Å². The van der Waals surface area contributed by atoms with Crippen LogP contribution in [0.3, 0.4) is 0 Å². The Bertz CT molecular complexity index is 1990. The normalized spacial score (nSPS) is 27.2. The standard InChI is InChI=1S/C78H141NO18/c1-3-5-7-9-11-13-15-17-18-19-20-21-22-23-24-25-26-27-28-29-30-31-32-33-34-35-36-37-38-39-40-41-42-44-46-48-50-52-54-56-66(84)79-61(62(83)55-53-51-49-47-45-43-16-14-12-10-8-6-4-2)60-92-76-72(90)69(87)74(64(58-81)94-76)97-78-73(91)70(88)75(65(59-82)95-78)96-77-71(89)68(86)67(85)63(57-80)93-77/h15,17,19-20,22-23,45,47,53,55,61-65,67-78,80-83,85-91H,3-14,16,18,21,24-44,46,48-52,54,56-60H2,1-2H3,(H,79,84)/b17-15-,20-19-,23-22-,47-45+,55-53+. The molecule has 3 saturated heterocycles. The van der Waals surface area contributed by atoms with E-state index in [1.807, 2.05) is 6.08 Å². The average molecular weight is 1380 g/mol. The maximum Gasteiger partial charge on any atom is 0.220 e. The Hall–Kier alpha value is -2.51. The van der Waals surface area contributed by atoms with Crippen LogP contribution < -0.4 is 5.32 Å². The second kappa shape index (κ2) is 58.9. The van der Waals surface area contributed by atoms with Gasteiger partial charge in [0.25, 0.3) is 0 Å². The molecule has 0 aromatic rings. The lowest BCUT2D eigenvalue weighted by atomic mass is 9.96. The number of hydrogen-bond donors (Lipinski definition) is 12. The van der Waals surface area contributed by atoms with E-state index < -0.39 is 124 Å². The van der Waals surface area contributed by atoms with Crippen molar-refractivity contribution < 1.29 is 89.4 Å². The molecule has 97 heavy (non-hydrogen) atoms. The van der Waals surface area contributed by atoms with E-state index in [1.54, 1.807) is 6.08 Å². The fourth-order valence-corrected chi connectivity index (χ4v) is 13.0. The molecule has 0 bridgehead atoms. The lowest BCUT2D eigenvalue weighted by molar-refractivity contribution is -0.379. The van der Waals surface area contributed by atoms with Crippen LogP contribution in [0.4, 0.5) is 0 Å². The first-order valence-corrected chi connectivity index (χ1v) is 39.0. The van der Waals surface area contributed by atoms with Gasteiger partial charge in [0.15, 0.2) is 18.9 Å². The van der Waals surface area contributed by atoms with Crippen LogP contribution in [0.1, 0.15) is 296 Å². The second-order valence-corrected chi connectivity index (χ2v) is 27.8. The molecule has 19 nitrogen and oxygen atoms in total. The van der Waals surface area contributed by atoms with Crippen molar-refractivity contribution in [1.29, 1.82) is 0 Å². The third kappa shape index (κ3) is 39.6. The molecule has 3 rings (SSSR count). The molecule has 1 amide bonds. The van der Waals surface area contributed by atoms with Gasteiger partial charge in [0.05, 0.1) is 38.6 Å². The van der Waals surface area contributed by atoms with Gasteiger partial charge in [-0.15, -0.1) is 0 Å². The van der Waals surface area contributed by atoms with Crippen LogP contribution in [0, 0.1) is 0 Å². The molecular formula is C78H141NO18. The number of rotatable bonds is 61. The average Bonchev–Trinajstić information content (AvgIpc) is 0.809. The van der Waals surface area contributed by atoms with Gasteiger partial charge in [-0.3, -0.25) is 4.79 Å². The highest BCUT2D eigenvalue weighted by Crippen LogP contribution is 2.33. The summed E-state index contributed by atoms with van der Waals surface area (Å²) >= 11 is 0. The number of allylic oxidation sites excluding steroid dienone is 9. The highest BCUT2D eigenvalue weighted by atomic mass is 16.8. The van der Waals surface area contributed by atoms with Crippen molar-refractivity contribution in [2.24, 2.45) is 0 Å². The molecular weight excluding hydrogens is 1240 g/mol. The molecule has 19 heteroatoms. The summed E-state index contributed by atoms with van der Waals surface area (Å²) in [4.78, 5) is 13.4. The van der Waals surface area contributed by atoms with Crippen LogP contribution in [0.25, 0.3) is 0 Å². The number of amides is 1. The predicted octanol–water partition coefficient (Wildman–Crippen LogP) is 12.3. The molecule has 17 atom stereocenters. The molecule has 3 heterocycles. The molecule has 0 spiro atoms. The van der Waals surface area contributed by atoms with Crippen LogP contribution >= 0.6 is 0 Å². The summed E-state index contributed by atoms with van der Waals surface area (Å²) in [5.74, 6) is -0.283. The van der Waals surface area contributed by atoms with Crippen molar-refractivity contribution in [3.05, 3.63) is 60.8 Å². The Morgan fingerprint density at radius 2 is 0.691 bits per heavy atom. The van der Waals surface area contributed by atoms with E-state index >= 15 is 0 Å². The zero-order valence-electron chi connectivity index (χ0n) is 60.3. The van der Waals surface area contributed by atoms with Gasteiger partial charge in [-0.2, -0.15) is 0 Å². The number of aliphatic hydroxyl groups is 11. The Balaban J connectivity index is 1.29. The Morgan fingerprint density at radius 1 is 0.371 bits per heavy atom. The molecule has 566 valence electrons. The third-order valence-corrected chi connectivity index (χ3v) is 19.3. The molecule has 3 aliphatic heterocycles. The van der Waals surface area contributed by atoms with E-state index in [0.717, 1.165) is 51.4 Å². The quantitative estimate of drug-likeness (QED) is 0.0199. The van der Waals surface area contributed by atoms with E-state index in [4.69, 9.17) is 28.4 Å². The van der Waals surface area contributed by atoms with Crippen molar-refractivity contribution >= 4 is 5.91 Å². The number of carbonyl (C=O) groups is 1. The third-order valence-electron chi connectivity index (χ3n) is 19.3. The first kappa shape index (κ1) is 88.7. The minimum Gasteiger partial charge on any atom is -0.394 e. The summed E-state index contributed by atoms with van der Waals surface area (Å²) in [6.45, 7) is 1.70. The molecule has 17 unspecified atom stereocenters. The number of ether oxygens (including phenoxy) is 6. The molecule has 12 N–H and O–H groups in total. The van der Waals surface area contributed by atoms with Crippen LogP contribution in [-0.2, 0) is 33.2 Å². The van der Waals surface area contributed by atoms with E-state index in [-0.39, 0.29) is 18.9 Å². The van der Waals surface area contributed by atoms with Crippen LogP contribution in [0.5, 0.6) is 0 Å².